The minimum absolute atomic E-state index is 0.675. The van der Waals surface area contributed by atoms with Crippen LogP contribution in [0.15, 0.2) is 59.1 Å². The third-order valence-electron chi connectivity index (χ3n) is 2.20. The van der Waals surface area contributed by atoms with Gasteiger partial charge in [-0.2, -0.15) is 0 Å². The van der Waals surface area contributed by atoms with Crippen molar-refractivity contribution in [3.63, 3.8) is 0 Å². The van der Waals surface area contributed by atoms with Crippen LogP contribution in [0.5, 0.6) is 0 Å². The first-order valence-electron chi connectivity index (χ1n) is 5.13. The topological polar surface area (TPSA) is 24.1 Å². The lowest BCUT2D eigenvalue weighted by atomic mass is 10.2. The molecular weight excluding hydrogens is 296 g/mol. The molecule has 0 spiro atoms. The minimum Gasteiger partial charge on any atom is -0.300 e. The second kappa shape index (κ2) is 5.80. The number of benzene rings is 2. The molecule has 0 bridgehead atoms. The lowest BCUT2D eigenvalue weighted by molar-refractivity contribution is 1.14. The molecule has 0 heterocycles. The Hall–Kier alpha value is -1.39. The van der Waals surface area contributed by atoms with Crippen molar-refractivity contribution in [2.24, 2.45) is 0 Å². The van der Waals surface area contributed by atoms with Gasteiger partial charge >= 0.3 is 0 Å². The summed E-state index contributed by atoms with van der Waals surface area (Å²) in [5.41, 5.74) is 8.02. The fourth-order valence-electron chi connectivity index (χ4n) is 1.32. The van der Waals surface area contributed by atoms with Crippen LogP contribution in [0.2, 0.25) is 0 Å². The van der Waals surface area contributed by atoms with Crippen molar-refractivity contribution in [3.8, 4) is 0 Å². The van der Waals surface area contributed by atoms with Crippen LogP contribution in [0, 0.1) is 0 Å². The summed E-state index contributed by atoms with van der Waals surface area (Å²) in [4.78, 5) is 0.675. The van der Waals surface area contributed by atoms with Crippen molar-refractivity contribution in [1.82, 2.24) is 5.43 Å². The first-order chi connectivity index (χ1) is 8.25. The maximum Gasteiger partial charge on any atom is 0.125 e. The summed E-state index contributed by atoms with van der Waals surface area (Å²) in [6, 6.07) is 17.7. The van der Waals surface area contributed by atoms with Gasteiger partial charge < -0.3 is 5.43 Å². The van der Waals surface area contributed by atoms with Crippen LogP contribution in [-0.2, 0) is 0 Å². The summed E-state index contributed by atoms with van der Waals surface area (Å²) in [5.74, 6) is 0. The Morgan fingerprint density at radius 3 is 2.24 bits per heavy atom. The molecular formula is C13H11BrN2S. The van der Waals surface area contributed by atoms with Crippen LogP contribution in [0.4, 0.5) is 5.69 Å². The number of nitrogens with one attached hydrogen (secondary N) is 2. The molecule has 0 amide bonds. The van der Waals surface area contributed by atoms with E-state index in [1.54, 1.807) is 0 Å². The maximum absolute atomic E-state index is 5.26. The average molecular weight is 307 g/mol. The van der Waals surface area contributed by atoms with E-state index in [9.17, 15) is 0 Å². The van der Waals surface area contributed by atoms with Gasteiger partial charge in [-0.15, -0.1) is 0 Å². The van der Waals surface area contributed by atoms with Crippen molar-refractivity contribution in [3.05, 3.63) is 64.6 Å². The second-order valence-electron chi connectivity index (χ2n) is 3.45. The Kier molecular flexibility index (Phi) is 4.12. The Labute approximate surface area is 114 Å². The molecule has 0 aliphatic carbocycles. The summed E-state index contributed by atoms with van der Waals surface area (Å²) in [6.45, 7) is 0. The molecule has 0 saturated heterocycles. The van der Waals surface area contributed by atoms with Crippen LogP contribution in [0.3, 0.4) is 0 Å². The molecule has 0 saturated carbocycles. The smallest absolute Gasteiger partial charge is 0.125 e. The van der Waals surface area contributed by atoms with E-state index in [0.717, 1.165) is 15.7 Å². The molecule has 0 unspecified atom stereocenters. The molecule has 0 radical (unpaired) electrons. The number of thiocarbonyl (C=S) groups is 1. The number of halogens is 1. The van der Waals surface area contributed by atoms with Gasteiger partial charge in [0.1, 0.15) is 4.99 Å². The summed E-state index contributed by atoms with van der Waals surface area (Å²) >= 11 is 8.65. The van der Waals surface area contributed by atoms with Crippen molar-refractivity contribution < 1.29 is 0 Å². The average Bonchev–Trinajstić information content (AvgIpc) is 2.39. The van der Waals surface area contributed by atoms with E-state index in [2.05, 4.69) is 26.8 Å². The molecule has 2 aromatic carbocycles. The lowest BCUT2D eigenvalue weighted by Gasteiger charge is -2.10. The summed E-state index contributed by atoms with van der Waals surface area (Å²) < 4.78 is 1.05. The Balaban J connectivity index is 1.95. The van der Waals surface area contributed by atoms with E-state index >= 15 is 0 Å². The number of hydrogen-bond acceptors (Lipinski definition) is 2. The number of hydrazine groups is 1. The number of anilines is 1. The van der Waals surface area contributed by atoms with Crippen molar-refractivity contribution in [2.45, 2.75) is 0 Å². The van der Waals surface area contributed by atoms with Gasteiger partial charge in [0.15, 0.2) is 0 Å². The molecule has 86 valence electrons. The van der Waals surface area contributed by atoms with Gasteiger partial charge in [0, 0.05) is 10.0 Å². The summed E-state index contributed by atoms with van der Waals surface area (Å²) in [6.07, 6.45) is 0. The molecule has 17 heavy (non-hydrogen) atoms. The van der Waals surface area contributed by atoms with Crippen LogP contribution >= 0.6 is 28.1 Å². The first-order valence-corrected chi connectivity index (χ1v) is 6.33. The highest BCUT2D eigenvalue weighted by molar-refractivity contribution is 9.10. The SMILES string of the molecule is S=C(NNc1ccc(Br)cc1)c1ccccc1. The van der Waals surface area contributed by atoms with Gasteiger partial charge in [0.2, 0.25) is 0 Å². The molecule has 0 atom stereocenters. The fourth-order valence-corrected chi connectivity index (χ4v) is 1.78. The van der Waals surface area contributed by atoms with E-state index in [1.165, 1.54) is 0 Å². The van der Waals surface area contributed by atoms with Gasteiger partial charge in [-0.25, -0.2) is 0 Å². The normalized spacial score (nSPS) is 9.71. The highest BCUT2D eigenvalue weighted by atomic mass is 79.9. The van der Waals surface area contributed by atoms with Crippen LogP contribution in [0.1, 0.15) is 5.56 Å². The third kappa shape index (κ3) is 3.54. The summed E-state index contributed by atoms with van der Waals surface area (Å²) in [5, 5.41) is 0. The van der Waals surface area contributed by atoms with E-state index in [0.29, 0.717) is 4.99 Å². The van der Waals surface area contributed by atoms with Gasteiger partial charge in [0.25, 0.3) is 0 Å². The monoisotopic (exact) mass is 306 g/mol. The molecule has 2 N–H and O–H groups in total. The van der Waals surface area contributed by atoms with Gasteiger partial charge in [-0.05, 0) is 24.3 Å². The maximum atomic E-state index is 5.26. The van der Waals surface area contributed by atoms with Crippen molar-refractivity contribution >= 4 is 38.8 Å². The quantitative estimate of drug-likeness (QED) is 0.667. The standard InChI is InChI=1S/C13H11BrN2S/c14-11-6-8-12(9-7-11)15-16-13(17)10-4-2-1-3-5-10/h1-9,15H,(H,16,17). The summed E-state index contributed by atoms with van der Waals surface area (Å²) in [7, 11) is 0. The lowest BCUT2D eigenvalue weighted by Crippen LogP contribution is -2.28. The fraction of sp³-hybridized carbons (Fsp3) is 0. The third-order valence-corrected chi connectivity index (χ3v) is 3.07. The van der Waals surface area contributed by atoms with Gasteiger partial charge in [-0.1, -0.05) is 58.5 Å². The molecule has 4 heteroatoms. The molecule has 0 aliphatic rings. The molecule has 2 aromatic rings. The number of hydrogen-bond donors (Lipinski definition) is 2. The Morgan fingerprint density at radius 1 is 0.941 bits per heavy atom. The van der Waals surface area contributed by atoms with E-state index in [-0.39, 0.29) is 0 Å². The van der Waals surface area contributed by atoms with Crippen LogP contribution < -0.4 is 10.9 Å². The number of rotatable bonds is 3. The van der Waals surface area contributed by atoms with E-state index < -0.39 is 0 Å². The van der Waals surface area contributed by atoms with E-state index in [4.69, 9.17) is 12.2 Å². The minimum atomic E-state index is 0.675. The molecule has 0 fully saturated rings. The predicted octanol–water partition coefficient (Wildman–Crippen LogP) is 3.74. The van der Waals surface area contributed by atoms with Crippen molar-refractivity contribution in [2.75, 3.05) is 5.43 Å². The Morgan fingerprint density at radius 2 is 1.59 bits per heavy atom. The van der Waals surface area contributed by atoms with E-state index in [1.807, 2.05) is 54.6 Å². The zero-order valence-corrected chi connectivity index (χ0v) is 11.4. The molecule has 0 aliphatic heterocycles. The largest absolute Gasteiger partial charge is 0.300 e. The second-order valence-corrected chi connectivity index (χ2v) is 4.78. The van der Waals surface area contributed by atoms with Crippen molar-refractivity contribution in [1.29, 1.82) is 0 Å². The molecule has 2 rings (SSSR count). The zero-order valence-electron chi connectivity index (χ0n) is 8.98. The Bertz CT molecular complexity index is 497. The van der Waals surface area contributed by atoms with Crippen LogP contribution in [0.25, 0.3) is 0 Å². The van der Waals surface area contributed by atoms with Gasteiger partial charge in [0.05, 0.1) is 5.69 Å². The van der Waals surface area contributed by atoms with Gasteiger partial charge in [-0.3, -0.25) is 5.43 Å². The first kappa shape index (κ1) is 12.1. The molecule has 0 aromatic heterocycles. The molecule has 2 nitrogen and oxygen atoms in total. The zero-order chi connectivity index (χ0) is 12.1. The highest BCUT2D eigenvalue weighted by Crippen LogP contribution is 2.13. The van der Waals surface area contributed by atoms with Crippen LogP contribution in [-0.4, -0.2) is 4.99 Å². The predicted molar refractivity (Wildman–Crippen MR) is 79.0 cm³/mol. The highest BCUT2D eigenvalue weighted by Gasteiger charge is 1.98.